The summed E-state index contributed by atoms with van der Waals surface area (Å²) in [5.74, 6) is 0.162. The number of carbonyl (C=O) groups is 2. The Morgan fingerprint density at radius 1 is 1.23 bits per heavy atom. The van der Waals surface area contributed by atoms with Gasteiger partial charge in [0.2, 0.25) is 0 Å². The van der Waals surface area contributed by atoms with Crippen LogP contribution in [-0.2, 0) is 4.79 Å². The molecule has 0 saturated carbocycles. The maximum Gasteiger partial charge on any atom is 0.291 e. The minimum absolute atomic E-state index is 0.159. The first kappa shape index (κ1) is 21.4. The van der Waals surface area contributed by atoms with Gasteiger partial charge >= 0.3 is 0 Å². The molecule has 2 aliphatic heterocycles. The molecule has 0 bridgehead atoms. The van der Waals surface area contributed by atoms with Gasteiger partial charge in [-0.2, -0.15) is 0 Å². The molecule has 1 atom stereocenters. The molecule has 162 valence electrons. The summed E-state index contributed by atoms with van der Waals surface area (Å²) >= 11 is 5.90. The molecule has 31 heavy (non-hydrogen) atoms. The van der Waals surface area contributed by atoms with Gasteiger partial charge in [-0.05, 0) is 81.2 Å². The predicted molar refractivity (Wildman–Crippen MR) is 122 cm³/mol. The molecule has 2 aromatic rings. The summed E-state index contributed by atoms with van der Waals surface area (Å²) in [5, 5.41) is 6.40. The molecule has 6 nitrogen and oxygen atoms in total. The van der Waals surface area contributed by atoms with Gasteiger partial charge in [-0.15, -0.1) is 0 Å². The first-order valence-electron chi connectivity index (χ1n) is 10.6. The van der Waals surface area contributed by atoms with E-state index >= 15 is 0 Å². The number of hydrogen-bond donors (Lipinski definition) is 2. The third-order valence-electron chi connectivity index (χ3n) is 5.71. The summed E-state index contributed by atoms with van der Waals surface area (Å²) < 4.78 is 5.76. The van der Waals surface area contributed by atoms with Crippen LogP contribution < -0.4 is 15.4 Å². The molecule has 0 aromatic heterocycles. The molecule has 2 aliphatic rings. The van der Waals surface area contributed by atoms with Crippen LogP contribution in [0.1, 0.15) is 42.1 Å². The molecule has 2 aromatic carbocycles. The molecule has 1 saturated heterocycles. The molecular formula is C24H26ClN3O3. The van der Waals surface area contributed by atoms with Gasteiger partial charge in [-0.25, -0.2) is 0 Å². The maximum atomic E-state index is 12.5. The first-order valence-corrected chi connectivity index (χ1v) is 11.0. The van der Waals surface area contributed by atoms with Crippen LogP contribution in [0.2, 0.25) is 5.02 Å². The van der Waals surface area contributed by atoms with Gasteiger partial charge in [-0.1, -0.05) is 23.7 Å². The quantitative estimate of drug-likeness (QED) is 0.658. The lowest BCUT2D eigenvalue weighted by Gasteiger charge is -2.23. The van der Waals surface area contributed by atoms with Crippen molar-refractivity contribution < 1.29 is 14.3 Å². The van der Waals surface area contributed by atoms with Gasteiger partial charge < -0.3 is 20.3 Å². The van der Waals surface area contributed by atoms with Crippen LogP contribution in [0.25, 0.3) is 6.08 Å². The zero-order chi connectivity index (χ0) is 21.8. The van der Waals surface area contributed by atoms with Crippen LogP contribution in [0.4, 0.5) is 5.69 Å². The molecular weight excluding hydrogens is 414 g/mol. The Morgan fingerprint density at radius 3 is 2.71 bits per heavy atom. The van der Waals surface area contributed by atoms with E-state index in [9.17, 15) is 9.59 Å². The van der Waals surface area contributed by atoms with E-state index in [1.165, 1.54) is 12.8 Å². The molecule has 0 unspecified atom stereocenters. The smallest absolute Gasteiger partial charge is 0.291 e. The number of halogens is 1. The normalized spacial score (nSPS) is 18.3. The SMILES string of the molecule is C[C@H](CCNC(=O)c1ccc2c(c1)NC(=O)/C(=C\c1ccc(Cl)cc1)O2)N1CCCC1. The summed E-state index contributed by atoms with van der Waals surface area (Å²) in [4.78, 5) is 27.5. The average molecular weight is 440 g/mol. The number of amides is 2. The van der Waals surface area contributed by atoms with Crippen LogP contribution in [0.15, 0.2) is 48.2 Å². The molecule has 0 spiro atoms. The fraction of sp³-hybridized carbons (Fsp3) is 0.333. The van der Waals surface area contributed by atoms with E-state index in [1.54, 1.807) is 48.5 Å². The van der Waals surface area contributed by atoms with E-state index in [1.807, 2.05) is 0 Å². The molecule has 0 radical (unpaired) electrons. The number of nitrogens with one attached hydrogen (secondary N) is 2. The van der Waals surface area contributed by atoms with Crippen LogP contribution >= 0.6 is 11.6 Å². The maximum absolute atomic E-state index is 12.5. The molecule has 2 amide bonds. The Morgan fingerprint density at radius 2 is 1.97 bits per heavy atom. The van der Waals surface area contributed by atoms with Crippen molar-refractivity contribution in [3.63, 3.8) is 0 Å². The van der Waals surface area contributed by atoms with Crippen molar-refractivity contribution in [1.82, 2.24) is 10.2 Å². The molecule has 2 heterocycles. The number of anilines is 1. The molecule has 0 aliphatic carbocycles. The number of rotatable bonds is 6. The Balaban J connectivity index is 1.37. The molecule has 4 rings (SSSR count). The fourth-order valence-electron chi connectivity index (χ4n) is 3.87. The first-order chi connectivity index (χ1) is 15.0. The van der Waals surface area contributed by atoms with Gasteiger partial charge in [0.05, 0.1) is 5.69 Å². The van der Waals surface area contributed by atoms with Crippen molar-refractivity contribution in [2.24, 2.45) is 0 Å². The molecule has 2 N–H and O–H groups in total. The summed E-state index contributed by atoms with van der Waals surface area (Å²) in [6.45, 7) is 5.12. The fourth-order valence-corrected chi connectivity index (χ4v) is 4.00. The summed E-state index contributed by atoms with van der Waals surface area (Å²) in [6.07, 6.45) is 5.08. The van der Waals surface area contributed by atoms with Crippen LogP contribution in [0.5, 0.6) is 5.75 Å². The van der Waals surface area contributed by atoms with E-state index < -0.39 is 0 Å². The monoisotopic (exact) mass is 439 g/mol. The number of carbonyl (C=O) groups excluding carboxylic acids is 2. The zero-order valence-corrected chi connectivity index (χ0v) is 18.2. The van der Waals surface area contributed by atoms with Crippen molar-refractivity contribution in [2.45, 2.75) is 32.2 Å². The van der Waals surface area contributed by atoms with Gasteiger partial charge in [0.15, 0.2) is 11.5 Å². The number of ether oxygens (including phenoxy) is 1. The minimum atomic E-state index is -0.362. The number of nitrogens with zero attached hydrogens (tertiary/aromatic N) is 1. The lowest BCUT2D eigenvalue weighted by atomic mass is 10.1. The highest BCUT2D eigenvalue weighted by atomic mass is 35.5. The number of fused-ring (bicyclic) bond motifs is 1. The highest BCUT2D eigenvalue weighted by molar-refractivity contribution is 6.30. The van der Waals surface area contributed by atoms with Gasteiger partial charge in [0.1, 0.15) is 0 Å². The van der Waals surface area contributed by atoms with Crippen LogP contribution in [-0.4, -0.2) is 42.4 Å². The Bertz CT molecular complexity index is 998. The average Bonchev–Trinajstić information content (AvgIpc) is 3.30. The highest BCUT2D eigenvalue weighted by Crippen LogP contribution is 2.32. The van der Waals surface area contributed by atoms with E-state index in [0.29, 0.717) is 34.6 Å². The molecule has 7 heteroatoms. The number of likely N-dealkylation sites (tertiary alicyclic amines) is 1. The van der Waals surface area contributed by atoms with Gasteiger partial charge in [-0.3, -0.25) is 9.59 Å². The third-order valence-corrected chi connectivity index (χ3v) is 5.97. The van der Waals surface area contributed by atoms with E-state index in [0.717, 1.165) is 25.1 Å². The third kappa shape index (κ3) is 5.27. The minimum Gasteiger partial charge on any atom is -0.449 e. The standard InChI is InChI=1S/C24H26ClN3O3/c1-16(28-12-2-3-13-28)10-11-26-23(29)18-6-9-21-20(15-18)27-24(30)22(31-21)14-17-4-7-19(25)8-5-17/h4-9,14-16H,2-3,10-13H2,1H3,(H,26,29)(H,27,30)/b22-14+/t16-/m1/s1. The second-order valence-electron chi connectivity index (χ2n) is 7.96. The Hall–Kier alpha value is -2.83. The van der Waals surface area contributed by atoms with Crippen LogP contribution in [0, 0.1) is 0 Å². The summed E-state index contributed by atoms with van der Waals surface area (Å²) in [5.41, 5.74) is 1.77. The Kier molecular flexibility index (Phi) is 6.59. The number of hydrogen-bond acceptors (Lipinski definition) is 4. The van der Waals surface area contributed by atoms with Crippen LogP contribution in [0.3, 0.4) is 0 Å². The predicted octanol–water partition coefficient (Wildman–Crippen LogP) is 4.32. The van der Waals surface area contributed by atoms with E-state index in [2.05, 4.69) is 22.5 Å². The summed E-state index contributed by atoms with van der Waals surface area (Å²) in [7, 11) is 0. The van der Waals surface area contributed by atoms with E-state index in [4.69, 9.17) is 16.3 Å². The topological polar surface area (TPSA) is 70.7 Å². The lowest BCUT2D eigenvalue weighted by Crippen LogP contribution is -2.34. The van der Waals surface area contributed by atoms with Crippen molar-refractivity contribution in [2.75, 3.05) is 25.0 Å². The highest BCUT2D eigenvalue weighted by Gasteiger charge is 2.23. The van der Waals surface area contributed by atoms with E-state index in [-0.39, 0.29) is 17.6 Å². The second kappa shape index (κ2) is 9.54. The van der Waals surface area contributed by atoms with Gasteiger partial charge in [0, 0.05) is 23.2 Å². The van der Waals surface area contributed by atoms with Crippen molar-refractivity contribution >= 4 is 35.2 Å². The van der Waals surface area contributed by atoms with Gasteiger partial charge in [0.25, 0.3) is 11.8 Å². The van der Waals surface area contributed by atoms with Crippen molar-refractivity contribution in [3.05, 3.63) is 64.4 Å². The Labute approximate surface area is 187 Å². The largest absolute Gasteiger partial charge is 0.449 e. The summed E-state index contributed by atoms with van der Waals surface area (Å²) in [6, 6.07) is 12.6. The second-order valence-corrected chi connectivity index (χ2v) is 8.40. The molecule has 1 fully saturated rings. The zero-order valence-electron chi connectivity index (χ0n) is 17.5. The van der Waals surface area contributed by atoms with Crippen molar-refractivity contribution in [1.29, 1.82) is 0 Å². The van der Waals surface area contributed by atoms with Crippen molar-refractivity contribution in [3.8, 4) is 5.75 Å². The number of benzene rings is 2. The lowest BCUT2D eigenvalue weighted by molar-refractivity contribution is -0.115.